The summed E-state index contributed by atoms with van der Waals surface area (Å²) in [6.45, 7) is 1.04. The number of nitrogens with zero attached hydrogens (tertiary/aromatic N) is 2. The summed E-state index contributed by atoms with van der Waals surface area (Å²) in [6.07, 6.45) is 3.02. The van der Waals surface area contributed by atoms with Crippen molar-refractivity contribution in [2.45, 2.75) is 12.5 Å². The molecule has 2 N–H and O–H groups in total. The molecule has 2 amide bonds. The highest BCUT2D eigenvalue weighted by atomic mass is 16.5. The van der Waals surface area contributed by atoms with Crippen molar-refractivity contribution in [1.29, 1.82) is 0 Å². The van der Waals surface area contributed by atoms with E-state index in [0.29, 0.717) is 18.8 Å². The van der Waals surface area contributed by atoms with Gasteiger partial charge in [-0.1, -0.05) is 0 Å². The number of rotatable bonds is 3. The van der Waals surface area contributed by atoms with Gasteiger partial charge in [0.05, 0.1) is 37.6 Å². The zero-order chi connectivity index (χ0) is 13.7. The number of morpholine rings is 1. The maximum absolute atomic E-state index is 12.1. The van der Waals surface area contributed by atoms with Crippen molar-refractivity contribution in [3.63, 3.8) is 0 Å². The Hall–Kier alpha value is -2.15. The first-order chi connectivity index (χ1) is 9.16. The Morgan fingerprint density at radius 1 is 1.58 bits per heavy atom. The monoisotopic (exact) mass is 265 g/mol. The summed E-state index contributed by atoms with van der Waals surface area (Å²) in [7, 11) is 0. The molecule has 1 fully saturated rings. The van der Waals surface area contributed by atoms with E-state index in [0.717, 1.165) is 0 Å². The van der Waals surface area contributed by atoms with E-state index in [2.05, 4.69) is 10.3 Å². The van der Waals surface area contributed by atoms with Crippen LogP contribution in [-0.4, -0.2) is 52.8 Å². The fourth-order valence-electron chi connectivity index (χ4n) is 1.92. The van der Waals surface area contributed by atoms with Gasteiger partial charge < -0.3 is 20.1 Å². The molecule has 1 aromatic heterocycles. The number of ether oxygens (including phenoxy) is 1. The summed E-state index contributed by atoms with van der Waals surface area (Å²) in [4.78, 5) is 28.3. The molecular weight excluding hydrogens is 250 g/mol. The third-order valence-corrected chi connectivity index (χ3v) is 2.81. The number of carboxylic acids is 1. The number of nitrogens with one attached hydrogen (secondary N) is 1. The van der Waals surface area contributed by atoms with Gasteiger partial charge in [-0.2, -0.15) is 0 Å². The Morgan fingerprint density at radius 3 is 3.11 bits per heavy atom. The van der Waals surface area contributed by atoms with Crippen LogP contribution in [0.25, 0.3) is 0 Å². The lowest BCUT2D eigenvalue weighted by Gasteiger charge is -2.34. The Bertz CT molecular complexity index is 452. The molecular formula is C12H15N3O4. The molecule has 1 saturated heterocycles. The molecule has 1 aromatic rings. The average Bonchev–Trinajstić information content (AvgIpc) is 2.39. The molecule has 0 aliphatic carbocycles. The third kappa shape index (κ3) is 3.65. The fraction of sp³-hybridized carbons (Fsp3) is 0.417. The zero-order valence-electron chi connectivity index (χ0n) is 10.3. The van der Waals surface area contributed by atoms with Crippen LogP contribution in [0.4, 0.5) is 10.5 Å². The van der Waals surface area contributed by atoms with Crippen LogP contribution in [0.2, 0.25) is 0 Å². The molecule has 0 saturated carbocycles. The van der Waals surface area contributed by atoms with Gasteiger partial charge in [-0.05, 0) is 12.1 Å². The van der Waals surface area contributed by atoms with Crippen LogP contribution in [0.5, 0.6) is 0 Å². The number of amides is 2. The summed E-state index contributed by atoms with van der Waals surface area (Å²) in [5.41, 5.74) is 0.577. The average molecular weight is 265 g/mol. The highest BCUT2D eigenvalue weighted by molar-refractivity contribution is 5.89. The molecule has 2 rings (SSSR count). The molecule has 0 radical (unpaired) electrons. The van der Waals surface area contributed by atoms with E-state index in [9.17, 15) is 9.59 Å². The second-order valence-corrected chi connectivity index (χ2v) is 4.19. The van der Waals surface area contributed by atoms with E-state index in [1.54, 1.807) is 18.3 Å². The fourth-order valence-corrected chi connectivity index (χ4v) is 1.92. The summed E-state index contributed by atoms with van der Waals surface area (Å²) >= 11 is 0. The van der Waals surface area contributed by atoms with Crippen molar-refractivity contribution < 1.29 is 19.4 Å². The highest BCUT2D eigenvalue weighted by Crippen LogP contribution is 2.13. The van der Waals surface area contributed by atoms with Gasteiger partial charge in [0.2, 0.25) is 0 Å². The largest absolute Gasteiger partial charge is 0.481 e. The number of carboxylic acid groups (broad SMARTS) is 1. The standard InChI is InChI=1S/C12H15N3O4/c16-11(17)6-10-8-19-5-4-15(10)12(18)14-9-2-1-3-13-7-9/h1-3,7,10H,4-6,8H2,(H,14,18)(H,16,17). The molecule has 0 bridgehead atoms. The smallest absolute Gasteiger partial charge is 0.322 e. The van der Waals surface area contributed by atoms with Crippen molar-refractivity contribution in [1.82, 2.24) is 9.88 Å². The van der Waals surface area contributed by atoms with E-state index in [1.807, 2.05) is 0 Å². The van der Waals surface area contributed by atoms with E-state index in [-0.39, 0.29) is 19.1 Å². The number of carbonyl (C=O) groups excluding carboxylic acids is 1. The lowest BCUT2D eigenvalue weighted by atomic mass is 10.1. The van der Waals surface area contributed by atoms with Crippen LogP contribution in [0, 0.1) is 0 Å². The predicted octanol–water partition coefficient (Wildman–Crippen LogP) is 0.789. The van der Waals surface area contributed by atoms with Crippen LogP contribution < -0.4 is 5.32 Å². The second kappa shape index (κ2) is 6.14. The van der Waals surface area contributed by atoms with Crippen LogP contribution in [0.15, 0.2) is 24.5 Å². The third-order valence-electron chi connectivity index (χ3n) is 2.81. The molecule has 7 nitrogen and oxygen atoms in total. The first-order valence-corrected chi connectivity index (χ1v) is 5.94. The molecule has 19 heavy (non-hydrogen) atoms. The van der Waals surface area contributed by atoms with Gasteiger partial charge in [0, 0.05) is 12.7 Å². The summed E-state index contributed by atoms with van der Waals surface area (Å²) < 4.78 is 5.22. The van der Waals surface area contributed by atoms with Gasteiger partial charge in [-0.3, -0.25) is 9.78 Å². The number of aliphatic carboxylic acids is 1. The lowest BCUT2D eigenvalue weighted by Crippen LogP contribution is -2.51. The minimum absolute atomic E-state index is 0.125. The lowest BCUT2D eigenvalue weighted by molar-refractivity contribution is -0.139. The van der Waals surface area contributed by atoms with Gasteiger partial charge in [-0.15, -0.1) is 0 Å². The normalized spacial score (nSPS) is 18.9. The van der Waals surface area contributed by atoms with Crippen LogP contribution in [0.3, 0.4) is 0 Å². The molecule has 2 heterocycles. The molecule has 1 atom stereocenters. The van der Waals surface area contributed by atoms with Gasteiger partial charge in [-0.25, -0.2) is 4.79 Å². The summed E-state index contributed by atoms with van der Waals surface area (Å²) in [5.74, 6) is -0.949. The van der Waals surface area contributed by atoms with Crippen molar-refractivity contribution in [3.05, 3.63) is 24.5 Å². The number of aromatic nitrogens is 1. The Balaban J connectivity index is 2.01. The van der Waals surface area contributed by atoms with Gasteiger partial charge >= 0.3 is 12.0 Å². The van der Waals surface area contributed by atoms with Crippen molar-refractivity contribution in [2.75, 3.05) is 25.1 Å². The topological polar surface area (TPSA) is 91.8 Å². The second-order valence-electron chi connectivity index (χ2n) is 4.19. The molecule has 1 unspecified atom stereocenters. The summed E-state index contributed by atoms with van der Waals surface area (Å²) in [6, 6.07) is 2.66. The number of carbonyl (C=O) groups is 2. The van der Waals surface area contributed by atoms with Crippen molar-refractivity contribution >= 4 is 17.7 Å². The molecule has 0 spiro atoms. The van der Waals surface area contributed by atoms with E-state index in [1.165, 1.54) is 11.1 Å². The quantitative estimate of drug-likeness (QED) is 0.843. The molecule has 7 heteroatoms. The Labute approximate surface area is 110 Å². The number of anilines is 1. The van der Waals surface area contributed by atoms with E-state index in [4.69, 9.17) is 9.84 Å². The first-order valence-electron chi connectivity index (χ1n) is 5.94. The molecule has 1 aliphatic heterocycles. The number of hydrogen-bond donors (Lipinski definition) is 2. The first kappa shape index (κ1) is 13.3. The minimum atomic E-state index is -0.949. The zero-order valence-corrected chi connectivity index (χ0v) is 10.3. The van der Waals surface area contributed by atoms with Crippen molar-refractivity contribution in [3.8, 4) is 0 Å². The Kier molecular flexibility index (Phi) is 4.30. The van der Waals surface area contributed by atoms with Crippen LogP contribution in [-0.2, 0) is 9.53 Å². The van der Waals surface area contributed by atoms with Gasteiger partial charge in [0.25, 0.3) is 0 Å². The maximum Gasteiger partial charge on any atom is 0.322 e. The van der Waals surface area contributed by atoms with Gasteiger partial charge in [0.15, 0.2) is 0 Å². The maximum atomic E-state index is 12.1. The SMILES string of the molecule is O=C(O)CC1COCCN1C(=O)Nc1cccnc1. The van der Waals surface area contributed by atoms with Crippen LogP contribution in [0.1, 0.15) is 6.42 Å². The van der Waals surface area contributed by atoms with E-state index < -0.39 is 12.0 Å². The molecule has 102 valence electrons. The summed E-state index contributed by atoms with van der Waals surface area (Å²) in [5, 5.41) is 11.5. The predicted molar refractivity (Wildman–Crippen MR) is 66.8 cm³/mol. The van der Waals surface area contributed by atoms with Crippen LogP contribution >= 0.6 is 0 Å². The van der Waals surface area contributed by atoms with E-state index >= 15 is 0 Å². The number of hydrogen-bond acceptors (Lipinski definition) is 4. The number of pyridine rings is 1. The highest BCUT2D eigenvalue weighted by Gasteiger charge is 2.29. The number of urea groups is 1. The van der Waals surface area contributed by atoms with Gasteiger partial charge in [0.1, 0.15) is 0 Å². The minimum Gasteiger partial charge on any atom is -0.481 e. The molecule has 1 aliphatic rings. The molecule has 0 aromatic carbocycles. The Morgan fingerprint density at radius 2 is 2.42 bits per heavy atom. The van der Waals surface area contributed by atoms with Crippen molar-refractivity contribution in [2.24, 2.45) is 0 Å².